The predicted octanol–water partition coefficient (Wildman–Crippen LogP) is 2.84. The number of carbonyl (C=O) groups excluding carboxylic acids is 1. The first kappa shape index (κ1) is 19.0. The second kappa shape index (κ2) is 9.19. The molecule has 2 rings (SSSR count). The zero-order valence-corrected chi connectivity index (χ0v) is 15.0. The molecule has 0 unspecified atom stereocenters. The Morgan fingerprint density at radius 3 is 2.56 bits per heavy atom. The molecular formula is C17H17ClFN3O2S. The molecule has 0 spiro atoms. The summed E-state index contributed by atoms with van der Waals surface area (Å²) in [6.45, 7) is 0.584. The van der Waals surface area contributed by atoms with Gasteiger partial charge in [-0.1, -0.05) is 23.7 Å². The Morgan fingerprint density at radius 2 is 1.92 bits per heavy atom. The van der Waals surface area contributed by atoms with Crippen molar-refractivity contribution in [2.24, 2.45) is 0 Å². The van der Waals surface area contributed by atoms with Crippen LogP contribution in [0, 0.1) is 5.82 Å². The first-order valence-electron chi connectivity index (χ1n) is 7.42. The fourth-order valence-corrected chi connectivity index (χ4v) is 2.29. The summed E-state index contributed by atoms with van der Waals surface area (Å²) in [5.41, 5.74) is 6.23. The van der Waals surface area contributed by atoms with Gasteiger partial charge in [0.25, 0.3) is 5.91 Å². The maximum Gasteiger partial charge on any atom is 0.269 e. The Morgan fingerprint density at radius 1 is 1.20 bits per heavy atom. The molecule has 132 valence electrons. The van der Waals surface area contributed by atoms with Crippen molar-refractivity contribution < 1.29 is 13.9 Å². The third kappa shape index (κ3) is 5.88. The van der Waals surface area contributed by atoms with Crippen molar-refractivity contribution in [1.29, 1.82) is 0 Å². The van der Waals surface area contributed by atoms with Gasteiger partial charge in [0.2, 0.25) is 0 Å². The van der Waals surface area contributed by atoms with Gasteiger partial charge in [0.05, 0.1) is 7.11 Å². The molecule has 0 aliphatic carbocycles. The lowest BCUT2D eigenvalue weighted by Gasteiger charge is -2.12. The molecule has 25 heavy (non-hydrogen) atoms. The number of methoxy groups -OCH3 is 1. The van der Waals surface area contributed by atoms with Gasteiger partial charge >= 0.3 is 0 Å². The number of ether oxygens (including phenoxy) is 1. The van der Waals surface area contributed by atoms with Crippen LogP contribution in [0.4, 0.5) is 4.39 Å². The zero-order valence-electron chi connectivity index (χ0n) is 13.4. The molecule has 0 aliphatic heterocycles. The summed E-state index contributed by atoms with van der Waals surface area (Å²) < 4.78 is 18.4. The van der Waals surface area contributed by atoms with Crippen LogP contribution in [-0.2, 0) is 6.42 Å². The second-order valence-corrected chi connectivity index (χ2v) is 5.91. The van der Waals surface area contributed by atoms with Gasteiger partial charge in [-0.2, -0.15) is 0 Å². The number of hydrazine groups is 1. The van der Waals surface area contributed by atoms with Crippen LogP contribution in [0.2, 0.25) is 5.02 Å². The van der Waals surface area contributed by atoms with Gasteiger partial charge in [0, 0.05) is 17.1 Å². The molecule has 0 heterocycles. The van der Waals surface area contributed by atoms with E-state index in [0.29, 0.717) is 11.6 Å². The fourth-order valence-electron chi connectivity index (χ4n) is 2.01. The summed E-state index contributed by atoms with van der Waals surface area (Å²) in [7, 11) is 1.36. The van der Waals surface area contributed by atoms with E-state index in [2.05, 4.69) is 16.2 Å². The van der Waals surface area contributed by atoms with Crippen molar-refractivity contribution in [3.8, 4) is 5.75 Å². The van der Waals surface area contributed by atoms with E-state index < -0.39 is 11.7 Å². The van der Waals surface area contributed by atoms with E-state index in [-0.39, 0.29) is 16.4 Å². The van der Waals surface area contributed by atoms with Crippen LogP contribution in [0.25, 0.3) is 0 Å². The quantitative estimate of drug-likeness (QED) is 0.549. The Bertz CT molecular complexity index is 756. The van der Waals surface area contributed by atoms with E-state index in [9.17, 15) is 9.18 Å². The summed E-state index contributed by atoms with van der Waals surface area (Å²) in [6.07, 6.45) is 0.747. The average Bonchev–Trinajstić information content (AvgIpc) is 2.61. The third-order valence-corrected chi connectivity index (χ3v) is 3.81. The molecule has 2 aromatic rings. The lowest BCUT2D eigenvalue weighted by molar-refractivity contribution is 0.0943. The normalized spacial score (nSPS) is 10.0. The minimum atomic E-state index is -0.612. The van der Waals surface area contributed by atoms with Crippen LogP contribution in [0.5, 0.6) is 5.75 Å². The molecule has 2 aromatic carbocycles. The Hall–Kier alpha value is -2.38. The topological polar surface area (TPSA) is 62.4 Å². The number of hydrogen-bond donors (Lipinski definition) is 3. The average molecular weight is 382 g/mol. The Kier molecular flexibility index (Phi) is 6.97. The number of carbonyl (C=O) groups is 1. The van der Waals surface area contributed by atoms with Gasteiger partial charge in [-0.25, -0.2) is 4.39 Å². The molecule has 5 nitrogen and oxygen atoms in total. The van der Waals surface area contributed by atoms with Crippen LogP contribution in [0.3, 0.4) is 0 Å². The van der Waals surface area contributed by atoms with Gasteiger partial charge in [-0.05, 0) is 54.5 Å². The van der Waals surface area contributed by atoms with Gasteiger partial charge < -0.3 is 10.1 Å². The summed E-state index contributed by atoms with van der Waals surface area (Å²) in [6, 6.07) is 11.4. The first-order chi connectivity index (χ1) is 12.0. The molecule has 1 amide bonds. The highest BCUT2D eigenvalue weighted by Gasteiger charge is 2.10. The number of rotatable bonds is 5. The summed E-state index contributed by atoms with van der Waals surface area (Å²) in [5, 5.41) is 3.91. The first-order valence-corrected chi connectivity index (χ1v) is 8.20. The zero-order chi connectivity index (χ0) is 18.2. The van der Waals surface area contributed by atoms with E-state index in [0.717, 1.165) is 18.1 Å². The van der Waals surface area contributed by atoms with E-state index in [1.807, 2.05) is 24.3 Å². The van der Waals surface area contributed by atoms with Crippen molar-refractivity contribution in [2.75, 3.05) is 13.7 Å². The van der Waals surface area contributed by atoms with E-state index in [1.54, 1.807) is 0 Å². The fraction of sp³-hybridized carbons (Fsp3) is 0.176. The molecule has 8 heteroatoms. The van der Waals surface area contributed by atoms with Crippen LogP contribution in [0.15, 0.2) is 42.5 Å². The molecule has 0 aliphatic rings. The minimum Gasteiger partial charge on any atom is -0.494 e. The van der Waals surface area contributed by atoms with Crippen molar-refractivity contribution in [2.45, 2.75) is 6.42 Å². The lowest BCUT2D eigenvalue weighted by atomic mass is 10.1. The number of thiocarbonyl (C=S) groups is 1. The molecule has 0 aromatic heterocycles. The molecule has 0 atom stereocenters. The molecular weight excluding hydrogens is 365 g/mol. The number of amides is 1. The van der Waals surface area contributed by atoms with Crippen LogP contribution in [-0.4, -0.2) is 24.7 Å². The number of halogens is 2. The van der Waals surface area contributed by atoms with Crippen molar-refractivity contribution in [3.63, 3.8) is 0 Å². The maximum atomic E-state index is 13.6. The van der Waals surface area contributed by atoms with Crippen LogP contribution < -0.4 is 20.9 Å². The molecule has 0 radical (unpaired) electrons. The SMILES string of the molecule is COc1ccc(C(=O)NNC(=S)NCCc2ccc(Cl)cc2)cc1F. The summed E-state index contributed by atoms with van der Waals surface area (Å²) in [5.74, 6) is -1.05. The third-order valence-electron chi connectivity index (χ3n) is 3.32. The minimum absolute atomic E-state index is 0.0731. The largest absolute Gasteiger partial charge is 0.494 e. The highest BCUT2D eigenvalue weighted by atomic mass is 35.5. The highest BCUT2D eigenvalue weighted by molar-refractivity contribution is 7.80. The molecule has 0 fully saturated rings. The number of hydrogen-bond acceptors (Lipinski definition) is 3. The number of benzene rings is 2. The standard InChI is InChI=1S/C17H17ClFN3O2S/c1-24-15-7-4-12(10-14(15)19)16(23)21-22-17(25)20-9-8-11-2-5-13(18)6-3-11/h2-7,10H,8-9H2,1H3,(H,21,23)(H2,20,22,25). The van der Waals surface area contributed by atoms with Crippen molar-refractivity contribution in [1.82, 2.24) is 16.2 Å². The van der Waals surface area contributed by atoms with Gasteiger partial charge in [-0.3, -0.25) is 15.6 Å². The number of nitrogens with one attached hydrogen (secondary N) is 3. The summed E-state index contributed by atoms with van der Waals surface area (Å²) in [4.78, 5) is 11.9. The van der Waals surface area contributed by atoms with Crippen LogP contribution in [0.1, 0.15) is 15.9 Å². The van der Waals surface area contributed by atoms with Crippen molar-refractivity contribution >= 4 is 34.8 Å². The Balaban J connectivity index is 1.74. The predicted molar refractivity (Wildman–Crippen MR) is 99.3 cm³/mol. The van der Waals surface area contributed by atoms with Gasteiger partial charge in [-0.15, -0.1) is 0 Å². The van der Waals surface area contributed by atoms with Crippen molar-refractivity contribution in [3.05, 3.63) is 64.4 Å². The lowest BCUT2D eigenvalue weighted by Crippen LogP contribution is -2.47. The van der Waals surface area contributed by atoms with Crippen LogP contribution >= 0.6 is 23.8 Å². The highest BCUT2D eigenvalue weighted by Crippen LogP contribution is 2.17. The summed E-state index contributed by atoms with van der Waals surface area (Å²) >= 11 is 10.9. The van der Waals surface area contributed by atoms with E-state index in [4.69, 9.17) is 28.6 Å². The van der Waals surface area contributed by atoms with Gasteiger partial charge in [0.15, 0.2) is 16.7 Å². The monoisotopic (exact) mass is 381 g/mol. The molecule has 0 bridgehead atoms. The maximum absolute atomic E-state index is 13.6. The molecule has 3 N–H and O–H groups in total. The van der Waals surface area contributed by atoms with E-state index in [1.165, 1.54) is 19.2 Å². The van der Waals surface area contributed by atoms with E-state index >= 15 is 0 Å². The molecule has 0 saturated carbocycles. The second-order valence-electron chi connectivity index (χ2n) is 5.06. The smallest absolute Gasteiger partial charge is 0.269 e. The Labute approximate surface area is 155 Å². The van der Waals surface area contributed by atoms with Gasteiger partial charge in [0.1, 0.15) is 0 Å². The molecule has 0 saturated heterocycles.